The summed E-state index contributed by atoms with van der Waals surface area (Å²) >= 11 is 1.51. The molecule has 0 radical (unpaired) electrons. The number of carbonyl (C=O) groups excluding carboxylic acids is 1. The fourth-order valence-electron chi connectivity index (χ4n) is 3.36. The lowest BCUT2D eigenvalue weighted by Crippen LogP contribution is -2.11. The molecule has 0 amide bonds. The number of fused-ring (bicyclic) bond motifs is 1. The van der Waals surface area contributed by atoms with Crippen molar-refractivity contribution in [1.82, 2.24) is 9.97 Å². The average molecular weight is 426 g/mol. The molecule has 6 nitrogen and oxygen atoms in total. The Labute approximate surface area is 175 Å². The molecule has 3 aromatic heterocycles. The smallest absolute Gasteiger partial charge is 0.356 e. The number of aromatic amines is 1. The molecular formula is C22H19FN2O4S. The zero-order valence-electron chi connectivity index (χ0n) is 16.3. The maximum Gasteiger partial charge on any atom is 0.356 e. The summed E-state index contributed by atoms with van der Waals surface area (Å²) in [6.07, 6.45) is -1.20. The summed E-state index contributed by atoms with van der Waals surface area (Å²) in [5.74, 6) is -1.01. The molecule has 0 aliphatic rings. The molecule has 2 N–H and O–H groups in total. The van der Waals surface area contributed by atoms with Crippen LogP contribution in [0.3, 0.4) is 0 Å². The van der Waals surface area contributed by atoms with Gasteiger partial charge in [-0.05, 0) is 36.6 Å². The van der Waals surface area contributed by atoms with Crippen molar-refractivity contribution in [2.45, 2.75) is 13.0 Å². The average Bonchev–Trinajstić information content (AvgIpc) is 3.40. The number of rotatable bonds is 6. The molecule has 4 rings (SSSR count). The first kappa shape index (κ1) is 20.1. The summed E-state index contributed by atoms with van der Waals surface area (Å²) in [6, 6.07) is 9.55. The summed E-state index contributed by atoms with van der Waals surface area (Å²) in [6.45, 7) is 1.93. The second-order valence-electron chi connectivity index (χ2n) is 6.53. The van der Waals surface area contributed by atoms with Gasteiger partial charge in [0.05, 0.1) is 30.6 Å². The molecule has 0 spiro atoms. The van der Waals surface area contributed by atoms with Gasteiger partial charge in [-0.3, -0.25) is 0 Å². The van der Waals surface area contributed by atoms with Gasteiger partial charge in [0.25, 0.3) is 0 Å². The third-order valence-corrected chi connectivity index (χ3v) is 5.41. The number of carbonyl (C=O) groups is 1. The SMILES string of the molecule is CCOC(=O)c1cccc(C(O)c2c(-c3ccsc3)[nH]c3cc(OC)c(F)cc23)n1. The Hall–Kier alpha value is -3.23. The molecule has 8 heteroatoms. The van der Waals surface area contributed by atoms with Crippen LogP contribution in [0.15, 0.2) is 47.2 Å². The van der Waals surface area contributed by atoms with E-state index in [9.17, 15) is 14.3 Å². The number of ether oxygens (including phenoxy) is 2. The van der Waals surface area contributed by atoms with Crippen molar-refractivity contribution in [3.05, 3.63) is 69.9 Å². The molecule has 0 fully saturated rings. The molecule has 4 aromatic rings. The van der Waals surface area contributed by atoms with E-state index in [2.05, 4.69) is 9.97 Å². The van der Waals surface area contributed by atoms with E-state index in [0.717, 1.165) is 5.56 Å². The van der Waals surface area contributed by atoms with Crippen molar-refractivity contribution in [3.63, 3.8) is 0 Å². The van der Waals surface area contributed by atoms with Crippen molar-refractivity contribution < 1.29 is 23.8 Å². The number of esters is 1. The summed E-state index contributed by atoms with van der Waals surface area (Å²) in [4.78, 5) is 19.6. The largest absolute Gasteiger partial charge is 0.494 e. The van der Waals surface area contributed by atoms with Crippen LogP contribution in [0.2, 0.25) is 0 Å². The van der Waals surface area contributed by atoms with E-state index in [4.69, 9.17) is 9.47 Å². The Morgan fingerprint density at radius 1 is 1.33 bits per heavy atom. The maximum atomic E-state index is 14.5. The van der Waals surface area contributed by atoms with Crippen LogP contribution >= 0.6 is 11.3 Å². The van der Waals surface area contributed by atoms with Crippen LogP contribution in [-0.4, -0.2) is 34.8 Å². The second-order valence-corrected chi connectivity index (χ2v) is 7.31. The zero-order valence-corrected chi connectivity index (χ0v) is 17.1. The Morgan fingerprint density at radius 3 is 2.87 bits per heavy atom. The minimum atomic E-state index is -1.20. The third-order valence-electron chi connectivity index (χ3n) is 4.73. The Balaban J connectivity index is 1.89. The first-order valence-corrected chi connectivity index (χ1v) is 10.2. The van der Waals surface area contributed by atoms with Gasteiger partial charge in [-0.2, -0.15) is 11.3 Å². The number of nitrogens with one attached hydrogen (secondary N) is 1. The van der Waals surface area contributed by atoms with E-state index >= 15 is 0 Å². The van der Waals surface area contributed by atoms with Gasteiger partial charge in [0.2, 0.25) is 0 Å². The van der Waals surface area contributed by atoms with E-state index in [1.165, 1.54) is 30.6 Å². The number of nitrogens with zero attached hydrogens (tertiary/aromatic N) is 1. The topological polar surface area (TPSA) is 84.4 Å². The predicted molar refractivity (Wildman–Crippen MR) is 112 cm³/mol. The number of hydrogen-bond acceptors (Lipinski definition) is 6. The van der Waals surface area contributed by atoms with E-state index < -0.39 is 17.9 Å². The van der Waals surface area contributed by atoms with Crippen molar-refractivity contribution in [3.8, 4) is 17.0 Å². The number of thiophene rings is 1. The van der Waals surface area contributed by atoms with Crippen molar-refractivity contribution in [1.29, 1.82) is 0 Å². The first-order chi connectivity index (χ1) is 14.5. The van der Waals surface area contributed by atoms with Gasteiger partial charge >= 0.3 is 5.97 Å². The van der Waals surface area contributed by atoms with Gasteiger partial charge in [0.15, 0.2) is 11.6 Å². The second kappa shape index (κ2) is 8.25. The Bertz CT molecular complexity index is 1200. The highest BCUT2D eigenvalue weighted by Gasteiger charge is 2.25. The molecule has 3 heterocycles. The summed E-state index contributed by atoms with van der Waals surface area (Å²) in [7, 11) is 1.40. The van der Waals surface area contributed by atoms with Gasteiger partial charge < -0.3 is 19.6 Å². The van der Waals surface area contributed by atoms with Crippen LogP contribution in [-0.2, 0) is 4.74 Å². The highest BCUT2D eigenvalue weighted by Crippen LogP contribution is 2.39. The monoisotopic (exact) mass is 426 g/mol. The Morgan fingerprint density at radius 2 is 2.17 bits per heavy atom. The fraction of sp³-hybridized carbons (Fsp3) is 0.182. The normalized spacial score (nSPS) is 12.1. The molecule has 0 aliphatic heterocycles. The number of aliphatic hydroxyl groups excluding tert-OH is 1. The van der Waals surface area contributed by atoms with Gasteiger partial charge in [-0.25, -0.2) is 14.2 Å². The lowest BCUT2D eigenvalue weighted by atomic mass is 9.99. The quantitative estimate of drug-likeness (QED) is 0.437. The summed E-state index contributed by atoms with van der Waals surface area (Å²) in [5.41, 5.74) is 2.94. The summed E-state index contributed by atoms with van der Waals surface area (Å²) < 4.78 is 24.6. The lowest BCUT2D eigenvalue weighted by molar-refractivity contribution is 0.0518. The fourth-order valence-corrected chi connectivity index (χ4v) is 4.01. The number of halogens is 1. The van der Waals surface area contributed by atoms with Crippen LogP contribution < -0.4 is 4.74 Å². The number of aromatic nitrogens is 2. The van der Waals surface area contributed by atoms with Crippen molar-refractivity contribution in [2.24, 2.45) is 0 Å². The van der Waals surface area contributed by atoms with Gasteiger partial charge in [0.1, 0.15) is 11.8 Å². The van der Waals surface area contributed by atoms with E-state index in [1.54, 1.807) is 25.1 Å². The lowest BCUT2D eigenvalue weighted by Gasteiger charge is -2.13. The standard InChI is InChI=1S/C22H19FN2O4S/c1-3-29-22(27)16-6-4-5-15(24-16)21(26)19-13-9-14(23)18(28-2)10-17(13)25-20(19)12-7-8-30-11-12/h4-11,21,25-26H,3H2,1-2H3. The molecule has 0 saturated heterocycles. The van der Waals surface area contributed by atoms with Crippen LogP contribution in [0, 0.1) is 5.82 Å². The Kier molecular flexibility index (Phi) is 5.52. The summed E-state index contributed by atoms with van der Waals surface area (Å²) in [5, 5.41) is 15.6. The molecule has 154 valence electrons. The third kappa shape index (κ3) is 3.55. The van der Waals surface area contributed by atoms with Crippen LogP contribution in [0.4, 0.5) is 4.39 Å². The van der Waals surface area contributed by atoms with E-state index in [-0.39, 0.29) is 23.7 Å². The van der Waals surface area contributed by atoms with Gasteiger partial charge in [0, 0.05) is 28.0 Å². The number of aliphatic hydroxyl groups is 1. The highest BCUT2D eigenvalue weighted by molar-refractivity contribution is 7.08. The van der Waals surface area contributed by atoms with Crippen LogP contribution in [0.5, 0.6) is 5.75 Å². The number of hydrogen-bond donors (Lipinski definition) is 2. The maximum absolute atomic E-state index is 14.5. The number of pyridine rings is 1. The molecule has 0 aliphatic carbocycles. The molecule has 0 saturated carbocycles. The van der Waals surface area contributed by atoms with Crippen molar-refractivity contribution >= 4 is 28.2 Å². The number of benzene rings is 1. The minimum absolute atomic E-state index is 0.0955. The van der Waals surface area contributed by atoms with Crippen LogP contribution in [0.25, 0.3) is 22.2 Å². The van der Waals surface area contributed by atoms with Gasteiger partial charge in [-0.1, -0.05) is 6.07 Å². The minimum Gasteiger partial charge on any atom is -0.494 e. The van der Waals surface area contributed by atoms with Gasteiger partial charge in [-0.15, -0.1) is 0 Å². The molecular weight excluding hydrogens is 407 g/mol. The van der Waals surface area contributed by atoms with E-state index in [0.29, 0.717) is 22.2 Å². The molecule has 30 heavy (non-hydrogen) atoms. The molecule has 0 bridgehead atoms. The number of methoxy groups -OCH3 is 1. The van der Waals surface area contributed by atoms with Crippen molar-refractivity contribution in [2.75, 3.05) is 13.7 Å². The number of H-pyrrole nitrogens is 1. The highest BCUT2D eigenvalue weighted by atomic mass is 32.1. The first-order valence-electron chi connectivity index (χ1n) is 9.27. The van der Waals surface area contributed by atoms with Crippen LogP contribution in [0.1, 0.15) is 34.8 Å². The molecule has 1 atom stereocenters. The zero-order chi connectivity index (χ0) is 21.3. The molecule has 1 unspecified atom stereocenters. The predicted octanol–water partition coefficient (Wildman–Crippen LogP) is 4.70. The molecule has 1 aromatic carbocycles. The van der Waals surface area contributed by atoms with E-state index in [1.807, 2.05) is 16.8 Å².